The highest BCUT2D eigenvalue weighted by atomic mass is 16.5. The number of methoxy groups -OCH3 is 1. The summed E-state index contributed by atoms with van der Waals surface area (Å²) in [7, 11) is 1.50. The van der Waals surface area contributed by atoms with E-state index in [1.165, 1.54) is 38.9 Å². The Balaban J connectivity index is 0.000000225. The molecule has 1 aromatic heterocycles. The summed E-state index contributed by atoms with van der Waals surface area (Å²) in [5, 5.41) is 18.2. The first-order valence-electron chi connectivity index (χ1n) is 10.9. The molecule has 0 saturated heterocycles. The minimum atomic E-state index is -0.993. The van der Waals surface area contributed by atoms with E-state index in [1.807, 2.05) is 0 Å². The van der Waals surface area contributed by atoms with E-state index in [0.717, 1.165) is 31.6 Å². The second-order valence-electron chi connectivity index (χ2n) is 8.07. The van der Waals surface area contributed by atoms with Gasteiger partial charge in [0.05, 0.1) is 19.4 Å². The average Bonchev–Trinajstić information content (AvgIpc) is 2.73. The van der Waals surface area contributed by atoms with Crippen LogP contribution in [0.15, 0.2) is 33.5 Å². The Bertz CT molecular complexity index is 923. The first kappa shape index (κ1) is 24.4. The van der Waals surface area contributed by atoms with Crippen molar-refractivity contribution in [3.63, 3.8) is 0 Å². The number of carboxylic acids is 2. The Morgan fingerprint density at radius 2 is 1.81 bits per heavy atom. The Labute approximate surface area is 182 Å². The van der Waals surface area contributed by atoms with Gasteiger partial charge in [-0.3, -0.25) is 9.59 Å². The molecule has 0 atom stereocenters. The van der Waals surface area contributed by atoms with Crippen LogP contribution in [0.3, 0.4) is 0 Å². The van der Waals surface area contributed by atoms with Crippen molar-refractivity contribution >= 4 is 22.9 Å². The fraction of sp³-hybridized carbons (Fsp3) is 0.542. The highest BCUT2D eigenvalue weighted by Crippen LogP contribution is 2.32. The van der Waals surface area contributed by atoms with Crippen LogP contribution in [-0.2, 0) is 16.0 Å². The van der Waals surface area contributed by atoms with Crippen LogP contribution in [0.2, 0.25) is 0 Å². The van der Waals surface area contributed by atoms with Crippen LogP contribution >= 0.6 is 0 Å². The van der Waals surface area contributed by atoms with E-state index < -0.39 is 17.6 Å². The number of aliphatic carboxylic acids is 2. The molecule has 0 spiro atoms. The average molecular weight is 433 g/mol. The molecule has 1 aliphatic rings. The molecule has 1 fully saturated rings. The molecule has 0 aliphatic heterocycles. The first-order valence-corrected chi connectivity index (χ1v) is 10.9. The largest absolute Gasteiger partial charge is 0.497 e. The van der Waals surface area contributed by atoms with Gasteiger partial charge in [0.1, 0.15) is 11.3 Å². The monoisotopic (exact) mass is 432 g/mol. The van der Waals surface area contributed by atoms with Crippen LogP contribution in [0.25, 0.3) is 11.0 Å². The Morgan fingerprint density at radius 3 is 2.39 bits per heavy atom. The second-order valence-corrected chi connectivity index (χ2v) is 8.07. The quantitative estimate of drug-likeness (QED) is 0.451. The lowest BCUT2D eigenvalue weighted by molar-refractivity contribution is -0.143. The van der Waals surface area contributed by atoms with Crippen molar-refractivity contribution in [2.24, 2.45) is 11.8 Å². The number of unbranched alkanes of at least 4 members (excludes halogenated alkanes) is 2. The molecule has 1 aromatic carbocycles. The first-order chi connectivity index (χ1) is 14.8. The summed E-state index contributed by atoms with van der Waals surface area (Å²) in [5.74, 6) is -0.257. The smallest absolute Gasteiger partial charge is 0.336 e. The zero-order valence-corrected chi connectivity index (χ0v) is 18.3. The maximum atomic E-state index is 11.3. The molecule has 170 valence electrons. The van der Waals surface area contributed by atoms with Crippen LogP contribution in [0.1, 0.15) is 63.9 Å². The Morgan fingerprint density at radius 1 is 1.10 bits per heavy atom. The number of rotatable bonds is 8. The minimum Gasteiger partial charge on any atom is -0.497 e. The van der Waals surface area contributed by atoms with Crippen molar-refractivity contribution in [3.8, 4) is 5.75 Å². The lowest BCUT2D eigenvalue weighted by Crippen LogP contribution is -2.21. The second kappa shape index (κ2) is 12.1. The van der Waals surface area contributed by atoms with Crippen molar-refractivity contribution in [2.75, 3.05) is 7.11 Å². The molecule has 1 heterocycles. The molecule has 31 heavy (non-hydrogen) atoms. The number of hydrogen-bond acceptors (Lipinski definition) is 5. The molecule has 1 aliphatic carbocycles. The van der Waals surface area contributed by atoms with Crippen LogP contribution < -0.4 is 10.4 Å². The number of ether oxygens (including phenoxy) is 1. The van der Waals surface area contributed by atoms with Gasteiger partial charge < -0.3 is 19.4 Å². The summed E-state index contributed by atoms with van der Waals surface area (Å²) < 4.78 is 10.0. The van der Waals surface area contributed by atoms with Crippen LogP contribution in [0.5, 0.6) is 5.75 Å². The molecule has 0 bridgehead atoms. The van der Waals surface area contributed by atoms with Crippen molar-refractivity contribution in [1.82, 2.24) is 0 Å². The summed E-state index contributed by atoms with van der Waals surface area (Å²) in [6.45, 7) is 2.22. The number of benzene rings is 1. The van der Waals surface area contributed by atoms with Gasteiger partial charge in [0, 0.05) is 17.5 Å². The molecule has 3 rings (SSSR count). The van der Waals surface area contributed by atoms with Crippen LogP contribution in [0.4, 0.5) is 0 Å². The van der Waals surface area contributed by atoms with Gasteiger partial charge in [-0.2, -0.15) is 0 Å². The van der Waals surface area contributed by atoms with E-state index in [4.69, 9.17) is 19.4 Å². The van der Waals surface area contributed by atoms with Gasteiger partial charge in [-0.25, -0.2) is 4.79 Å². The van der Waals surface area contributed by atoms with Gasteiger partial charge in [0.2, 0.25) is 0 Å². The predicted octanol–water partition coefficient (Wildman–Crippen LogP) is 4.89. The molecule has 1 saturated carbocycles. The zero-order chi connectivity index (χ0) is 22.8. The Hall–Kier alpha value is -2.83. The van der Waals surface area contributed by atoms with Crippen molar-refractivity contribution < 1.29 is 29.0 Å². The highest BCUT2D eigenvalue weighted by Gasteiger charge is 2.25. The maximum absolute atomic E-state index is 11.3. The number of carbonyl (C=O) groups is 2. The Kier molecular flexibility index (Phi) is 9.56. The maximum Gasteiger partial charge on any atom is 0.336 e. The summed E-state index contributed by atoms with van der Waals surface area (Å²) in [5.41, 5.74) is 0.196. The van der Waals surface area contributed by atoms with Gasteiger partial charge in [-0.1, -0.05) is 32.6 Å². The van der Waals surface area contributed by atoms with Gasteiger partial charge in [0.15, 0.2) is 0 Å². The molecule has 0 unspecified atom stereocenters. The fourth-order valence-electron chi connectivity index (χ4n) is 4.03. The normalized spacial score (nSPS) is 18.1. The van der Waals surface area contributed by atoms with E-state index in [1.54, 1.807) is 18.2 Å². The number of carboxylic acid groups (broad SMARTS) is 2. The molecule has 2 aromatic rings. The minimum absolute atomic E-state index is 0.0441. The summed E-state index contributed by atoms with van der Waals surface area (Å²) in [6.07, 6.45) is 9.15. The zero-order valence-electron chi connectivity index (χ0n) is 18.3. The predicted molar refractivity (Wildman–Crippen MR) is 118 cm³/mol. The molecular weight excluding hydrogens is 400 g/mol. The number of fused-ring (bicyclic) bond motifs is 1. The standard InChI is InChI=1S/C12H10O5.C12H22O2/c1-16-8-2-3-9-7(4-11(13)14)5-12(15)17-10(9)6-8;1-2-3-4-5-10-6-8-11(9-7-10)12(13)14/h2-3,5-6H,4H2,1H3,(H,13,14);10-11H,2-9H2,1H3,(H,13,14)/t;10-,11-. The molecule has 0 amide bonds. The fourth-order valence-corrected chi connectivity index (χ4v) is 4.03. The van der Waals surface area contributed by atoms with E-state index in [0.29, 0.717) is 22.3 Å². The topological polar surface area (TPSA) is 114 Å². The molecular formula is C24H32O7. The number of hydrogen-bond donors (Lipinski definition) is 2. The van der Waals surface area contributed by atoms with Crippen molar-refractivity contribution in [2.45, 2.75) is 64.7 Å². The van der Waals surface area contributed by atoms with E-state index in [9.17, 15) is 14.4 Å². The van der Waals surface area contributed by atoms with Crippen molar-refractivity contribution in [1.29, 1.82) is 0 Å². The summed E-state index contributed by atoms with van der Waals surface area (Å²) in [4.78, 5) is 32.7. The van der Waals surface area contributed by atoms with Crippen LogP contribution in [-0.4, -0.2) is 29.3 Å². The molecule has 7 heteroatoms. The summed E-state index contributed by atoms with van der Waals surface area (Å²) >= 11 is 0. The van der Waals surface area contributed by atoms with E-state index >= 15 is 0 Å². The third-order valence-electron chi connectivity index (χ3n) is 5.79. The van der Waals surface area contributed by atoms with E-state index in [-0.39, 0.29) is 12.3 Å². The highest BCUT2D eigenvalue weighted by molar-refractivity contribution is 5.85. The van der Waals surface area contributed by atoms with Crippen molar-refractivity contribution in [3.05, 3.63) is 40.2 Å². The molecule has 7 nitrogen and oxygen atoms in total. The molecule has 2 N–H and O–H groups in total. The van der Waals surface area contributed by atoms with Gasteiger partial charge >= 0.3 is 17.6 Å². The SMILES string of the molecule is CCCCC[C@H]1CC[C@H](C(=O)O)CC1.COc1ccc2c(CC(=O)O)cc(=O)oc2c1. The molecule has 0 radical (unpaired) electrons. The third-order valence-corrected chi connectivity index (χ3v) is 5.79. The third kappa shape index (κ3) is 7.74. The van der Waals surface area contributed by atoms with E-state index in [2.05, 4.69) is 6.92 Å². The van der Waals surface area contributed by atoms with Gasteiger partial charge in [0.25, 0.3) is 0 Å². The summed E-state index contributed by atoms with van der Waals surface area (Å²) in [6, 6.07) is 6.12. The lowest BCUT2D eigenvalue weighted by Gasteiger charge is -2.25. The van der Waals surface area contributed by atoms with Gasteiger partial charge in [-0.15, -0.1) is 0 Å². The lowest BCUT2D eigenvalue weighted by atomic mass is 9.80. The van der Waals surface area contributed by atoms with Gasteiger partial charge in [-0.05, 0) is 49.3 Å². The van der Waals surface area contributed by atoms with Crippen LogP contribution in [0, 0.1) is 11.8 Å².